The van der Waals surface area contributed by atoms with Crippen molar-refractivity contribution in [3.63, 3.8) is 0 Å². The molecule has 0 saturated heterocycles. The van der Waals surface area contributed by atoms with E-state index in [1.165, 1.54) is 0 Å². The van der Waals surface area contributed by atoms with Crippen molar-refractivity contribution in [3.8, 4) is 11.5 Å². The average Bonchev–Trinajstić information content (AvgIpc) is 2.68. The van der Waals surface area contributed by atoms with Crippen LogP contribution in [0.5, 0.6) is 11.5 Å². The van der Waals surface area contributed by atoms with Crippen LogP contribution in [0.15, 0.2) is 40.9 Å². The molecule has 0 aliphatic rings. The number of amides is 2. The molecule has 0 heterocycles. The van der Waals surface area contributed by atoms with Crippen LogP contribution in [0.3, 0.4) is 0 Å². The van der Waals surface area contributed by atoms with Crippen LogP contribution >= 0.6 is 27.5 Å². The highest BCUT2D eigenvalue weighted by atomic mass is 79.9. The van der Waals surface area contributed by atoms with Crippen LogP contribution in [-0.2, 0) is 9.53 Å². The Morgan fingerprint density at radius 2 is 1.86 bits per heavy atom. The first-order valence-corrected chi connectivity index (χ1v) is 9.47. The average molecular weight is 472 g/mol. The van der Waals surface area contributed by atoms with E-state index in [-0.39, 0.29) is 6.61 Å². The van der Waals surface area contributed by atoms with E-state index in [1.54, 1.807) is 43.5 Å². The second kappa shape index (κ2) is 10.9. The Morgan fingerprint density at radius 3 is 2.54 bits per heavy atom. The van der Waals surface area contributed by atoms with Gasteiger partial charge >= 0.3 is 0 Å². The Labute approximate surface area is 176 Å². The van der Waals surface area contributed by atoms with Gasteiger partial charge in [-0.1, -0.05) is 11.6 Å². The van der Waals surface area contributed by atoms with Gasteiger partial charge in [-0.2, -0.15) is 0 Å². The number of hydrogen-bond donors (Lipinski definition) is 2. The van der Waals surface area contributed by atoms with Crippen LogP contribution in [0, 0.1) is 6.92 Å². The lowest BCUT2D eigenvalue weighted by Gasteiger charge is -2.11. The van der Waals surface area contributed by atoms with Gasteiger partial charge in [0.2, 0.25) is 0 Å². The molecular formula is C19H20BrClN2O5. The summed E-state index contributed by atoms with van der Waals surface area (Å²) in [5.74, 6) is 0.125. The highest BCUT2D eigenvalue weighted by molar-refractivity contribution is 9.10. The number of benzene rings is 2. The van der Waals surface area contributed by atoms with Gasteiger partial charge in [0.05, 0.1) is 11.1 Å². The van der Waals surface area contributed by atoms with Gasteiger partial charge in [0.1, 0.15) is 18.1 Å². The fraction of sp³-hybridized carbons (Fsp3) is 0.263. The zero-order chi connectivity index (χ0) is 20.5. The van der Waals surface area contributed by atoms with E-state index >= 15 is 0 Å². The first-order chi connectivity index (χ1) is 13.4. The Balaban J connectivity index is 1.81. The first kappa shape index (κ1) is 22.0. The maximum Gasteiger partial charge on any atom is 0.276 e. The molecular weight excluding hydrogens is 452 g/mol. The summed E-state index contributed by atoms with van der Waals surface area (Å²) in [7, 11) is 1.58. The van der Waals surface area contributed by atoms with Crippen LogP contribution < -0.4 is 20.3 Å². The van der Waals surface area contributed by atoms with Crippen LogP contribution in [0.1, 0.15) is 15.9 Å². The van der Waals surface area contributed by atoms with Crippen molar-refractivity contribution in [1.82, 2.24) is 10.9 Å². The molecule has 150 valence electrons. The number of hydrazine groups is 1. The summed E-state index contributed by atoms with van der Waals surface area (Å²) in [4.78, 5) is 24.0. The van der Waals surface area contributed by atoms with Gasteiger partial charge < -0.3 is 14.2 Å². The molecule has 0 fully saturated rings. The number of hydrogen-bond acceptors (Lipinski definition) is 5. The molecule has 0 aliphatic heterocycles. The van der Waals surface area contributed by atoms with Crippen LogP contribution in [0.25, 0.3) is 0 Å². The number of methoxy groups -OCH3 is 1. The maximum absolute atomic E-state index is 12.2. The lowest BCUT2D eigenvalue weighted by molar-refractivity contribution is -0.123. The van der Waals surface area contributed by atoms with Crippen LogP contribution in [0.2, 0.25) is 5.02 Å². The van der Waals surface area contributed by atoms with Crippen molar-refractivity contribution in [2.24, 2.45) is 0 Å². The van der Waals surface area contributed by atoms with Crippen molar-refractivity contribution in [2.45, 2.75) is 6.92 Å². The second-order valence-corrected chi connectivity index (χ2v) is 6.95. The van der Waals surface area contributed by atoms with E-state index in [2.05, 4.69) is 26.8 Å². The van der Waals surface area contributed by atoms with E-state index in [9.17, 15) is 9.59 Å². The summed E-state index contributed by atoms with van der Waals surface area (Å²) in [5.41, 5.74) is 5.82. The number of rotatable bonds is 8. The molecule has 0 saturated carbocycles. The number of aryl methyl sites for hydroxylation is 1. The van der Waals surface area contributed by atoms with Crippen molar-refractivity contribution in [1.29, 1.82) is 0 Å². The Kier molecular flexibility index (Phi) is 8.56. The minimum atomic E-state index is -0.500. The highest BCUT2D eigenvalue weighted by Crippen LogP contribution is 2.26. The second-order valence-electron chi connectivity index (χ2n) is 5.69. The molecule has 0 aliphatic carbocycles. The van der Waals surface area contributed by atoms with Crippen LogP contribution in [0.4, 0.5) is 0 Å². The molecule has 2 rings (SSSR count). The first-order valence-electron chi connectivity index (χ1n) is 8.30. The molecule has 2 N–H and O–H groups in total. The molecule has 2 aromatic carbocycles. The fourth-order valence-electron chi connectivity index (χ4n) is 2.08. The molecule has 2 amide bonds. The molecule has 0 radical (unpaired) electrons. The predicted molar refractivity (Wildman–Crippen MR) is 109 cm³/mol. The van der Waals surface area contributed by atoms with Crippen molar-refractivity contribution < 1.29 is 23.8 Å². The summed E-state index contributed by atoms with van der Waals surface area (Å²) >= 11 is 9.29. The maximum atomic E-state index is 12.2. The molecule has 28 heavy (non-hydrogen) atoms. The molecule has 0 aromatic heterocycles. The van der Waals surface area contributed by atoms with Gasteiger partial charge in [-0.25, -0.2) is 0 Å². The highest BCUT2D eigenvalue weighted by Gasteiger charge is 2.11. The topological polar surface area (TPSA) is 85.9 Å². The monoisotopic (exact) mass is 470 g/mol. The third-order valence-corrected chi connectivity index (χ3v) is 4.60. The van der Waals surface area contributed by atoms with Gasteiger partial charge in [0.25, 0.3) is 11.8 Å². The normalized spacial score (nSPS) is 10.3. The number of halogens is 2. The van der Waals surface area contributed by atoms with Gasteiger partial charge in [-0.3, -0.25) is 20.4 Å². The molecule has 0 bridgehead atoms. The largest absolute Gasteiger partial charge is 0.490 e. The number of nitrogens with one attached hydrogen (secondary N) is 2. The van der Waals surface area contributed by atoms with Crippen molar-refractivity contribution >= 4 is 39.3 Å². The predicted octanol–water partition coefficient (Wildman–Crippen LogP) is 3.28. The van der Waals surface area contributed by atoms with Crippen molar-refractivity contribution in [2.75, 3.05) is 26.9 Å². The van der Waals surface area contributed by atoms with Crippen LogP contribution in [-0.4, -0.2) is 38.7 Å². The van der Waals surface area contributed by atoms with E-state index < -0.39 is 11.8 Å². The minimum Gasteiger partial charge on any atom is -0.490 e. The summed E-state index contributed by atoms with van der Waals surface area (Å²) < 4.78 is 16.4. The summed E-state index contributed by atoms with van der Waals surface area (Å²) in [6, 6.07) is 9.91. The van der Waals surface area contributed by atoms with Gasteiger partial charge in [0, 0.05) is 17.7 Å². The molecule has 0 atom stereocenters. The Hall–Kier alpha value is -2.29. The zero-order valence-electron chi connectivity index (χ0n) is 15.4. The molecule has 0 unspecified atom stereocenters. The van der Waals surface area contributed by atoms with E-state index in [1.807, 2.05) is 6.92 Å². The molecule has 0 spiro atoms. The summed E-state index contributed by atoms with van der Waals surface area (Å²) in [5, 5.41) is 0.616. The SMILES string of the molecule is COCCOc1ccc(C(=O)NNC(=O)COc2ccc(Cl)c(C)c2)cc1Br. The summed E-state index contributed by atoms with van der Waals surface area (Å²) in [6.45, 7) is 2.43. The number of carbonyl (C=O) groups excluding carboxylic acids is 2. The zero-order valence-corrected chi connectivity index (χ0v) is 17.7. The Bertz CT molecular complexity index is 847. The molecule has 2 aromatic rings. The fourth-order valence-corrected chi connectivity index (χ4v) is 2.70. The third-order valence-electron chi connectivity index (χ3n) is 3.55. The minimum absolute atomic E-state index is 0.253. The summed E-state index contributed by atoms with van der Waals surface area (Å²) in [6.07, 6.45) is 0. The van der Waals surface area contributed by atoms with Gasteiger partial charge in [-0.05, 0) is 64.8 Å². The standard InChI is InChI=1S/C19H20BrClN2O5/c1-12-9-14(4-5-16(12)21)28-11-18(24)22-23-19(25)13-3-6-17(15(20)10-13)27-8-7-26-2/h3-6,9-10H,7-8,11H2,1-2H3,(H,22,24)(H,23,25). The molecule has 9 heteroatoms. The molecule has 7 nitrogen and oxygen atoms in total. The smallest absolute Gasteiger partial charge is 0.276 e. The quantitative estimate of drug-likeness (QED) is 0.456. The van der Waals surface area contributed by atoms with Gasteiger partial charge in [0.15, 0.2) is 6.61 Å². The lowest BCUT2D eigenvalue weighted by atomic mass is 10.2. The van der Waals surface area contributed by atoms with Crippen molar-refractivity contribution in [3.05, 3.63) is 57.0 Å². The number of ether oxygens (including phenoxy) is 3. The van der Waals surface area contributed by atoms with E-state index in [4.69, 9.17) is 25.8 Å². The Morgan fingerprint density at radius 1 is 1.07 bits per heavy atom. The van der Waals surface area contributed by atoms with E-state index in [0.717, 1.165) is 5.56 Å². The lowest BCUT2D eigenvalue weighted by Crippen LogP contribution is -2.43. The van der Waals surface area contributed by atoms with E-state index in [0.29, 0.717) is 39.8 Å². The number of carbonyl (C=O) groups is 2. The van der Waals surface area contributed by atoms with Gasteiger partial charge in [-0.15, -0.1) is 0 Å². The third kappa shape index (κ3) is 6.70.